The van der Waals surface area contributed by atoms with Gasteiger partial charge in [-0.15, -0.1) is 0 Å². The van der Waals surface area contributed by atoms with Crippen molar-refractivity contribution in [1.29, 1.82) is 0 Å². The van der Waals surface area contributed by atoms with Crippen LogP contribution in [-0.2, 0) is 21.1 Å². The van der Waals surface area contributed by atoms with Gasteiger partial charge in [-0.1, -0.05) is 53.0 Å². The van der Waals surface area contributed by atoms with Gasteiger partial charge in [0.25, 0.3) is 0 Å². The molecule has 3 rings (SSSR count). The standard InChI is InChI=1S/C22H20Cl3NO4S/c1-3-30-22(27)20-13-18(17-9-8-16(24)12-19(17)25)21(14-4-6-15(23)7-5-14)26(20)10-11-31(2,28)29/h4-9,12-13H,3,10-11H2,1-2H3. The van der Waals surface area contributed by atoms with Crippen LogP contribution in [0, 0.1) is 0 Å². The lowest BCUT2D eigenvalue weighted by Crippen LogP contribution is -2.18. The second kappa shape index (κ2) is 9.65. The van der Waals surface area contributed by atoms with Crippen LogP contribution in [0.3, 0.4) is 0 Å². The van der Waals surface area contributed by atoms with Gasteiger partial charge in [0.1, 0.15) is 15.5 Å². The Labute approximate surface area is 196 Å². The molecule has 0 aliphatic heterocycles. The van der Waals surface area contributed by atoms with E-state index >= 15 is 0 Å². The Bertz CT molecular complexity index is 1220. The van der Waals surface area contributed by atoms with E-state index in [1.807, 2.05) is 0 Å². The van der Waals surface area contributed by atoms with Crippen LogP contribution in [0.15, 0.2) is 48.5 Å². The molecule has 0 amide bonds. The number of carbonyl (C=O) groups excluding carboxylic acids is 1. The topological polar surface area (TPSA) is 65.4 Å². The lowest BCUT2D eigenvalue weighted by molar-refractivity contribution is 0.0514. The smallest absolute Gasteiger partial charge is 0.354 e. The summed E-state index contributed by atoms with van der Waals surface area (Å²) >= 11 is 18.6. The first-order chi connectivity index (χ1) is 14.6. The van der Waals surface area contributed by atoms with Gasteiger partial charge in [0.15, 0.2) is 0 Å². The Morgan fingerprint density at radius 3 is 2.19 bits per heavy atom. The number of aromatic nitrogens is 1. The predicted molar refractivity (Wildman–Crippen MR) is 126 cm³/mol. The predicted octanol–water partition coefficient (Wildman–Crippen LogP) is 6.00. The third-order valence-electron chi connectivity index (χ3n) is 4.61. The van der Waals surface area contributed by atoms with Gasteiger partial charge in [-0.3, -0.25) is 0 Å². The summed E-state index contributed by atoms with van der Waals surface area (Å²) in [6, 6.07) is 13.8. The molecule has 5 nitrogen and oxygen atoms in total. The van der Waals surface area contributed by atoms with E-state index in [4.69, 9.17) is 39.5 Å². The molecule has 9 heteroatoms. The van der Waals surface area contributed by atoms with Crippen molar-refractivity contribution in [2.75, 3.05) is 18.6 Å². The number of halogens is 3. The first-order valence-corrected chi connectivity index (χ1v) is 12.6. The highest BCUT2D eigenvalue weighted by Gasteiger charge is 2.25. The van der Waals surface area contributed by atoms with Crippen LogP contribution >= 0.6 is 34.8 Å². The second-order valence-corrected chi connectivity index (χ2v) is 10.5. The van der Waals surface area contributed by atoms with Gasteiger partial charge in [0.2, 0.25) is 0 Å². The van der Waals surface area contributed by atoms with Crippen molar-refractivity contribution >= 4 is 50.6 Å². The van der Waals surface area contributed by atoms with E-state index in [2.05, 4.69) is 0 Å². The molecule has 0 spiro atoms. The van der Waals surface area contributed by atoms with E-state index in [1.165, 1.54) is 0 Å². The average Bonchev–Trinajstić information content (AvgIpc) is 3.06. The van der Waals surface area contributed by atoms with Crippen LogP contribution in [-0.4, -0.2) is 37.6 Å². The molecule has 0 saturated heterocycles. The van der Waals surface area contributed by atoms with Crippen LogP contribution in [0.1, 0.15) is 17.4 Å². The zero-order valence-electron chi connectivity index (χ0n) is 16.9. The van der Waals surface area contributed by atoms with Gasteiger partial charge in [-0.25, -0.2) is 13.2 Å². The second-order valence-electron chi connectivity index (χ2n) is 6.92. The molecule has 0 atom stereocenters. The third-order valence-corrected chi connectivity index (χ3v) is 6.33. The first-order valence-electron chi connectivity index (χ1n) is 9.40. The number of sulfone groups is 1. The van der Waals surface area contributed by atoms with E-state index in [1.54, 1.807) is 60.0 Å². The molecule has 0 fully saturated rings. The number of ether oxygens (including phenoxy) is 1. The zero-order chi connectivity index (χ0) is 22.8. The average molecular weight is 501 g/mol. The summed E-state index contributed by atoms with van der Waals surface area (Å²) in [4.78, 5) is 12.7. The fraction of sp³-hybridized carbons (Fsp3) is 0.227. The number of carbonyl (C=O) groups is 1. The summed E-state index contributed by atoms with van der Waals surface area (Å²) in [7, 11) is -3.29. The molecule has 0 saturated carbocycles. The number of rotatable bonds is 7. The van der Waals surface area contributed by atoms with Crippen molar-refractivity contribution in [3.05, 3.63) is 69.3 Å². The van der Waals surface area contributed by atoms with Crippen molar-refractivity contribution in [2.45, 2.75) is 13.5 Å². The normalized spacial score (nSPS) is 11.5. The van der Waals surface area contributed by atoms with E-state index in [-0.39, 0.29) is 24.6 Å². The minimum atomic E-state index is -3.29. The SMILES string of the molecule is CCOC(=O)c1cc(-c2ccc(Cl)cc2Cl)c(-c2ccc(Cl)cc2)n1CCS(C)(=O)=O. The maximum absolute atomic E-state index is 12.7. The molecule has 3 aromatic rings. The molecule has 0 radical (unpaired) electrons. The summed E-state index contributed by atoms with van der Waals surface area (Å²) in [5.74, 6) is -0.704. The Balaban J connectivity index is 2.32. The highest BCUT2D eigenvalue weighted by Crippen LogP contribution is 2.40. The molecule has 0 aliphatic rings. The van der Waals surface area contributed by atoms with E-state index < -0.39 is 15.8 Å². The lowest BCUT2D eigenvalue weighted by Gasteiger charge is -2.15. The van der Waals surface area contributed by atoms with Gasteiger partial charge in [0, 0.05) is 39.0 Å². The maximum atomic E-state index is 12.7. The van der Waals surface area contributed by atoms with E-state index in [0.29, 0.717) is 31.9 Å². The summed E-state index contributed by atoms with van der Waals surface area (Å²) in [5.41, 5.74) is 2.92. The molecule has 2 aromatic carbocycles. The summed E-state index contributed by atoms with van der Waals surface area (Å²) < 4.78 is 30.7. The number of benzene rings is 2. The quantitative estimate of drug-likeness (QED) is 0.373. The number of hydrogen-bond acceptors (Lipinski definition) is 4. The van der Waals surface area contributed by atoms with Crippen molar-refractivity contribution in [3.63, 3.8) is 0 Å². The molecule has 0 bridgehead atoms. The van der Waals surface area contributed by atoms with Gasteiger partial charge >= 0.3 is 5.97 Å². The molecule has 0 unspecified atom stereocenters. The molecule has 0 aliphatic carbocycles. The largest absolute Gasteiger partial charge is 0.461 e. The number of hydrogen-bond donors (Lipinski definition) is 0. The van der Waals surface area contributed by atoms with Crippen LogP contribution in [0.2, 0.25) is 15.1 Å². The molecule has 31 heavy (non-hydrogen) atoms. The third kappa shape index (κ3) is 5.63. The molecular formula is C22H20Cl3NO4S. The highest BCUT2D eigenvalue weighted by atomic mass is 35.5. The van der Waals surface area contributed by atoms with E-state index in [9.17, 15) is 13.2 Å². The van der Waals surface area contributed by atoms with Crippen LogP contribution < -0.4 is 0 Å². The van der Waals surface area contributed by atoms with Gasteiger partial charge in [-0.2, -0.15) is 0 Å². The first kappa shape index (κ1) is 23.7. The maximum Gasteiger partial charge on any atom is 0.354 e. The summed E-state index contributed by atoms with van der Waals surface area (Å²) in [5, 5.41) is 1.43. The minimum absolute atomic E-state index is 0.0656. The van der Waals surface area contributed by atoms with Crippen molar-refractivity contribution in [1.82, 2.24) is 4.57 Å². The highest BCUT2D eigenvalue weighted by molar-refractivity contribution is 7.90. The summed E-state index contributed by atoms with van der Waals surface area (Å²) in [6.07, 6.45) is 1.15. The molecule has 0 N–H and O–H groups in total. The van der Waals surface area contributed by atoms with Crippen molar-refractivity contribution < 1.29 is 17.9 Å². The van der Waals surface area contributed by atoms with Gasteiger partial charge in [0.05, 0.1) is 18.1 Å². The van der Waals surface area contributed by atoms with Crippen molar-refractivity contribution in [2.24, 2.45) is 0 Å². The monoisotopic (exact) mass is 499 g/mol. The van der Waals surface area contributed by atoms with Gasteiger partial charge in [-0.05, 0) is 42.8 Å². The number of esters is 1. The Morgan fingerprint density at radius 2 is 1.61 bits per heavy atom. The van der Waals surface area contributed by atoms with E-state index in [0.717, 1.165) is 11.8 Å². The molecule has 1 aromatic heterocycles. The minimum Gasteiger partial charge on any atom is -0.461 e. The van der Waals surface area contributed by atoms with Crippen LogP contribution in [0.4, 0.5) is 0 Å². The fourth-order valence-corrected chi connectivity index (χ4v) is 4.40. The van der Waals surface area contributed by atoms with Crippen molar-refractivity contribution in [3.8, 4) is 22.4 Å². The Hall–Kier alpha value is -1.99. The number of nitrogens with zero attached hydrogens (tertiary/aromatic N) is 1. The molecular weight excluding hydrogens is 481 g/mol. The van der Waals surface area contributed by atoms with Crippen LogP contribution in [0.25, 0.3) is 22.4 Å². The molecule has 1 heterocycles. The fourth-order valence-electron chi connectivity index (χ4n) is 3.24. The molecule has 164 valence electrons. The van der Waals surface area contributed by atoms with Crippen LogP contribution in [0.5, 0.6) is 0 Å². The Kier molecular flexibility index (Phi) is 7.37. The zero-order valence-corrected chi connectivity index (χ0v) is 19.9. The summed E-state index contributed by atoms with van der Waals surface area (Å²) in [6.45, 7) is 1.96. The Morgan fingerprint density at radius 1 is 0.968 bits per heavy atom. The lowest BCUT2D eigenvalue weighted by atomic mass is 10.0. The van der Waals surface area contributed by atoms with Gasteiger partial charge < -0.3 is 9.30 Å².